The summed E-state index contributed by atoms with van der Waals surface area (Å²) in [4.78, 5) is 20.5. The number of rotatable bonds is 10. The van der Waals surface area contributed by atoms with Crippen molar-refractivity contribution >= 4 is 33.0 Å². The Kier molecular flexibility index (Phi) is 7.07. The Hall–Kier alpha value is -3.68. The van der Waals surface area contributed by atoms with Crippen molar-refractivity contribution in [1.82, 2.24) is 14.3 Å². The monoisotopic (exact) mass is 485 g/mol. The van der Waals surface area contributed by atoms with Gasteiger partial charge in [-0.25, -0.2) is 4.98 Å². The van der Waals surface area contributed by atoms with Gasteiger partial charge in [0.15, 0.2) is 11.6 Å². The van der Waals surface area contributed by atoms with Gasteiger partial charge in [-0.15, -0.1) is 11.3 Å². The van der Waals surface area contributed by atoms with Crippen LogP contribution in [0.15, 0.2) is 84.4 Å². The molecule has 5 aromatic rings. The molecule has 35 heavy (non-hydrogen) atoms. The molecule has 2 heterocycles. The second-order valence-corrected chi connectivity index (χ2v) is 9.13. The van der Waals surface area contributed by atoms with Gasteiger partial charge >= 0.3 is 0 Å². The zero-order valence-electron chi connectivity index (χ0n) is 19.6. The van der Waals surface area contributed by atoms with Gasteiger partial charge in [-0.3, -0.25) is 9.20 Å². The van der Waals surface area contributed by atoms with Crippen LogP contribution in [0, 0.1) is 0 Å². The molecular formula is C28H27N3O3S. The summed E-state index contributed by atoms with van der Waals surface area (Å²) >= 11 is 1.62. The van der Waals surface area contributed by atoms with Crippen LogP contribution >= 0.6 is 11.3 Å². The number of methoxy groups -OCH3 is 1. The van der Waals surface area contributed by atoms with E-state index < -0.39 is 0 Å². The molecule has 5 rings (SSSR count). The lowest BCUT2D eigenvalue weighted by Crippen LogP contribution is -2.38. The molecule has 0 aliphatic carbocycles. The van der Waals surface area contributed by atoms with Crippen LogP contribution in [0.4, 0.5) is 0 Å². The molecule has 0 N–H and O–H groups in total. The third kappa shape index (κ3) is 5.37. The van der Waals surface area contributed by atoms with Gasteiger partial charge in [-0.05, 0) is 29.0 Å². The third-order valence-electron chi connectivity index (χ3n) is 5.99. The number of imidazole rings is 1. The number of hydrogen-bond donors (Lipinski definition) is 0. The molecule has 0 spiro atoms. The second-order valence-electron chi connectivity index (χ2n) is 8.29. The van der Waals surface area contributed by atoms with Crippen LogP contribution in [0.25, 0.3) is 27.0 Å². The van der Waals surface area contributed by atoms with Crippen molar-refractivity contribution in [2.24, 2.45) is 0 Å². The molecule has 3 aromatic carbocycles. The summed E-state index contributed by atoms with van der Waals surface area (Å²) in [6.07, 6.45) is 2.80. The standard InChI is InChI=1S/C28H27N3O3S/c1-33-16-15-30(27(32)19-34-25-9-3-2-4-10-25)14-13-24-20-35-28-29-26(18-31(24)28)23-12-11-21-7-5-6-8-22(21)17-23/h2-12,17-18,20H,13-16,19H2,1H3. The molecule has 0 fully saturated rings. The zero-order valence-corrected chi connectivity index (χ0v) is 20.4. The minimum Gasteiger partial charge on any atom is -0.484 e. The van der Waals surface area contributed by atoms with Gasteiger partial charge in [-0.2, -0.15) is 0 Å². The number of benzene rings is 3. The first-order chi connectivity index (χ1) is 17.2. The van der Waals surface area contributed by atoms with E-state index in [1.807, 2.05) is 30.3 Å². The van der Waals surface area contributed by atoms with E-state index >= 15 is 0 Å². The summed E-state index contributed by atoms with van der Waals surface area (Å²) in [7, 11) is 1.64. The maximum atomic E-state index is 12.9. The first-order valence-corrected chi connectivity index (χ1v) is 12.5. The first kappa shape index (κ1) is 23.1. The third-order valence-corrected chi connectivity index (χ3v) is 6.88. The maximum Gasteiger partial charge on any atom is 0.260 e. The molecule has 6 nitrogen and oxygen atoms in total. The van der Waals surface area contributed by atoms with Crippen molar-refractivity contribution in [3.63, 3.8) is 0 Å². The van der Waals surface area contributed by atoms with Crippen LogP contribution in [0.2, 0.25) is 0 Å². The van der Waals surface area contributed by atoms with Gasteiger partial charge in [0.1, 0.15) is 5.75 Å². The van der Waals surface area contributed by atoms with Crippen LogP contribution in [-0.2, 0) is 16.0 Å². The van der Waals surface area contributed by atoms with Crippen molar-refractivity contribution in [3.8, 4) is 17.0 Å². The molecule has 0 unspecified atom stereocenters. The smallest absolute Gasteiger partial charge is 0.260 e. The number of thiazole rings is 1. The highest BCUT2D eigenvalue weighted by atomic mass is 32.1. The van der Waals surface area contributed by atoms with Crippen LogP contribution in [0.5, 0.6) is 5.75 Å². The zero-order chi connectivity index (χ0) is 24.0. The average molecular weight is 486 g/mol. The lowest BCUT2D eigenvalue weighted by atomic mass is 10.1. The molecule has 0 saturated heterocycles. The van der Waals surface area contributed by atoms with Gasteiger partial charge in [-0.1, -0.05) is 54.6 Å². The average Bonchev–Trinajstić information content (AvgIpc) is 3.49. The highest BCUT2D eigenvalue weighted by Crippen LogP contribution is 2.27. The van der Waals surface area contributed by atoms with E-state index in [9.17, 15) is 4.79 Å². The van der Waals surface area contributed by atoms with Gasteiger partial charge in [0.2, 0.25) is 0 Å². The number of amides is 1. The summed E-state index contributed by atoms with van der Waals surface area (Å²) in [5, 5.41) is 4.54. The predicted molar refractivity (Wildman–Crippen MR) is 140 cm³/mol. The molecule has 178 valence electrons. The Morgan fingerprint density at radius 3 is 2.63 bits per heavy atom. The summed E-state index contributed by atoms with van der Waals surface area (Å²) in [5.41, 5.74) is 3.18. The minimum atomic E-state index is -0.0557. The SMILES string of the molecule is COCCN(CCc1csc2nc(-c3ccc4ccccc4c3)cn12)C(=O)COc1ccccc1. The number of carbonyl (C=O) groups excluding carboxylic acids is 1. The molecule has 0 aliphatic heterocycles. The van der Waals surface area contributed by atoms with Crippen molar-refractivity contribution in [2.45, 2.75) is 6.42 Å². The Labute approximate surface area is 208 Å². The minimum absolute atomic E-state index is 0.00393. The Bertz CT molecular complexity index is 1430. The summed E-state index contributed by atoms with van der Waals surface area (Å²) in [5.74, 6) is 0.631. The fourth-order valence-corrected chi connectivity index (χ4v) is 4.97. The van der Waals surface area contributed by atoms with Crippen molar-refractivity contribution in [1.29, 1.82) is 0 Å². The molecule has 1 amide bonds. The van der Waals surface area contributed by atoms with E-state index in [4.69, 9.17) is 14.5 Å². The lowest BCUT2D eigenvalue weighted by molar-refractivity contribution is -0.134. The number of para-hydroxylation sites is 1. The molecule has 2 aromatic heterocycles. The van der Waals surface area contributed by atoms with Crippen LogP contribution in [0.3, 0.4) is 0 Å². The van der Waals surface area contributed by atoms with Crippen LogP contribution in [-0.4, -0.2) is 53.6 Å². The van der Waals surface area contributed by atoms with Crippen LogP contribution in [0.1, 0.15) is 5.69 Å². The van der Waals surface area contributed by atoms with Crippen molar-refractivity contribution in [3.05, 3.63) is 90.1 Å². The highest BCUT2D eigenvalue weighted by molar-refractivity contribution is 7.15. The molecular weight excluding hydrogens is 458 g/mol. The van der Waals surface area contributed by atoms with E-state index in [2.05, 4.69) is 58.4 Å². The maximum absolute atomic E-state index is 12.9. The van der Waals surface area contributed by atoms with E-state index in [1.165, 1.54) is 10.8 Å². The molecule has 0 radical (unpaired) electrons. The largest absolute Gasteiger partial charge is 0.484 e. The highest BCUT2D eigenvalue weighted by Gasteiger charge is 2.16. The van der Waals surface area contributed by atoms with Gasteiger partial charge < -0.3 is 14.4 Å². The van der Waals surface area contributed by atoms with Gasteiger partial charge in [0.25, 0.3) is 5.91 Å². The number of ether oxygens (including phenoxy) is 2. The molecule has 0 bridgehead atoms. The number of aromatic nitrogens is 2. The summed E-state index contributed by atoms with van der Waals surface area (Å²) in [6, 6.07) is 24.2. The van der Waals surface area contributed by atoms with E-state index in [0.29, 0.717) is 31.9 Å². The lowest BCUT2D eigenvalue weighted by Gasteiger charge is -2.22. The normalized spacial score (nSPS) is 11.2. The number of nitrogens with zero attached hydrogens (tertiary/aromatic N) is 3. The van der Waals surface area contributed by atoms with E-state index in [-0.39, 0.29) is 12.5 Å². The van der Waals surface area contributed by atoms with Crippen molar-refractivity contribution < 1.29 is 14.3 Å². The predicted octanol–water partition coefficient (Wildman–Crippen LogP) is 5.31. The molecule has 0 aliphatic rings. The Balaban J connectivity index is 1.29. The molecule has 0 saturated carbocycles. The summed E-state index contributed by atoms with van der Waals surface area (Å²) in [6.45, 7) is 1.58. The van der Waals surface area contributed by atoms with Crippen LogP contribution < -0.4 is 4.74 Å². The first-order valence-electron chi connectivity index (χ1n) is 11.6. The Morgan fingerprint density at radius 1 is 1.00 bits per heavy atom. The number of carbonyl (C=O) groups is 1. The quantitative estimate of drug-likeness (QED) is 0.269. The fraction of sp³-hybridized carbons (Fsp3) is 0.214. The second kappa shape index (κ2) is 10.7. The van der Waals surface area contributed by atoms with Gasteiger partial charge in [0.05, 0.1) is 12.3 Å². The van der Waals surface area contributed by atoms with E-state index in [0.717, 1.165) is 21.9 Å². The topological polar surface area (TPSA) is 56.1 Å². The molecule has 0 atom stereocenters. The number of fused-ring (bicyclic) bond motifs is 2. The van der Waals surface area contributed by atoms with Gasteiger partial charge in [0, 0.05) is 49.5 Å². The van der Waals surface area contributed by atoms with E-state index in [1.54, 1.807) is 23.3 Å². The molecule has 7 heteroatoms. The summed E-state index contributed by atoms with van der Waals surface area (Å²) < 4.78 is 13.0. The fourth-order valence-electron chi connectivity index (χ4n) is 4.06. The number of hydrogen-bond acceptors (Lipinski definition) is 5. The Morgan fingerprint density at radius 2 is 1.80 bits per heavy atom. The van der Waals surface area contributed by atoms with Crippen molar-refractivity contribution in [2.75, 3.05) is 33.4 Å².